The van der Waals surface area contributed by atoms with Gasteiger partial charge in [-0.05, 0) is 60.4 Å². The van der Waals surface area contributed by atoms with Gasteiger partial charge >= 0.3 is 0 Å². The minimum Gasteiger partial charge on any atom is -0.497 e. The largest absolute Gasteiger partial charge is 0.497 e. The average Bonchev–Trinajstić information content (AvgIpc) is 3.26. The van der Waals surface area contributed by atoms with Gasteiger partial charge in [0.2, 0.25) is 11.9 Å². The molecule has 1 N–H and O–H groups in total. The third-order valence-corrected chi connectivity index (χ3v) is 6.64. The van der Waals surface area contributed by atoms with Crippen molar-refractivity contribution < 1.29 is 13.9 Å². The van der Waals surface area contributed by atoms with Crippen molar-refractivity contribution in [1.29, 1.82) is 0 Å². The number of nitrogens with one attached hydrogen (secondary N) is 1. The summed E-state index contributed by atoms with van der Waals surface area (Å²) in [7, 11) is 1.64. The van der Waals surface area contributed by atoms with E-state index in [-0.39, 0.29) is 17.6 Å². The van der Waals surface area contributed by atoms with E-state index in [4.69, 9.17) is 9.72 Å². The molecule has 35 heavy (non-hydrogen) atoms. The molecule has 1 amide bonds. The van der Waals surface area contributed by atoms with E-state index in [1.165, 1.54) is 6.07 Å². The molecule has 0 unspecified atom stereocenters. The van der Waals surface area contributed by atoms with Crippen molar-refractivity contribution >= 4 is 22.9 Å². The van der Waals surface area contributed by atoms with Gasteiger partial charge in [0.05, 0.1) is 24.7 Å². The van der Waals surface area contributed by atoms with Crippen molar-refractivity contribution in [2.24, 2.45) is 5.92 Å². The number of halogens is 1. The fourth-order valence-electron chi connectivity index (χ4n) is 4.70. The van der Waals surface area contributed by atoms with Crippen molar-refractivity contribution in [3.05, 3.63) is 89.7 Å². The van der Waals surface area contributed by atoms with E-state index in [2.05, 4.69) is 14.8 Å². The van der Waals surface area contributed by atoms with Gasteiger partial charge in [-0.1, -0.05) is 36.4 Å². The van der Waals surface area contributed by atoms with Gasteiger partial charge in [0, 0.05) is 25.6 Å². The van der Waals surface area contributed by atoms with E-state index in [0.717, 1.165) is 59.8 Å². The van der Waals surface area contributed by atoms with E-state index < -0.39 is 0 Å². The fourth-order valence-corrected chi connectivity index (χ4v) is 4.70. The molecule has 3 aromatic carbocycles. The van der Waals surface area contributed by atoms with Crippen molar-refractivity contribution in [1.82, 2.24) is 14.9 Å². The zero-order chi connectivity index (χ0) is 24.2. The van der Waals surface area contributed by atoms with Crippen LogP contribution in [0.2, 0.25) is 0 Å². The summed E-state index contributed by atoms with van der Waals surface area (Å²) in [4.78, 5) is 19.9. The Morgan fingerprint density at radius 3 is 2.54 bits per heavy atom. The molecule has 4 aromatic rings. The number of nitrogens with zero attached hydrogens (tertiary/aromatic N) is 3. The number of aromatic nitrogens is 2. The van der Waals surface area contributed by atoms with Crippen molar-refractivity contribution in [2.45, 2.75) is 25.9 Å². The second-order valence-electron chi connectivity index (χ2n) is 8.94. The summed E-state index contributed by atoms with van der Waals surface area (Å²) < 4.78 is 21.1. The van der Waals surface area contributed by atoms with Crippen LogP contribution in [0.3, 0.4) is 0 Å². The topological polar surface area (TPSA) is 59.4 Å². The Morgan fingerprint density at radius 1 is 1.03 bits per heavy atom. The molecule has 7 heteroatoms. The number of hydrogen-bond donors (Lipinski definition) is 1. The van der Waals surface area contributed by atoms with Crippen LogP contribution in [-0.2, 0) is 17.9 Å². The number of hydrogen-bond acceptors (Lipinski definition) is 4. The maximum atomic E-state index is 13.8. The minimum atomic E-state index is -0.241. The van der Waals surface area contributed by atoms with Crippen molar-refractivity contribution in [3.8, 4) is 5.75 Å². The lowest BCUT2D eigenvalue weighted by Gasteiger charge is -2.32. The predicted octanol–water partition coefficient (Wildman–Crippen LogP) is 4.77. The van der Waals surface area contributed by atoms with E-state index in [0.29, 0.717) is 13.1 Å². The lowest BCUT2D eigenvalue weighted by atomic mass is 9.96. The van der Waals surface area contributed by atoms with Crippen LogP contribution >= 0.6 is 0 Å². The highest BCUT2D eigenvalue weighted by Crippen LogP contribution is 2.28. The van der Waals surface area contributed by atoms with Gasteiger partial charge in [-0.15, -0.1) is 0 Å². The van der Waals surface area contributed by atoms with Gasteiger partial charge in [-0.25, -0.2) is 9.37 Å². The van der Waals surface area contributed by atoms with Gasteiger partial charge in [0.25, 0.3) is 0 Å². The summed E-state index contributed by atoms with van der Waals surface area (Å²) in [6.45, 7) is 2.53. The standard InChI is InChI=1S/C28H29FN4O2/c1-35-24-11-9-20(10-12-24)18-30-27(34)22-13-15-32(16-14-22)28-31-25-7-2-3-8-26(25)33(28)19-21-5-4-6-23(29)17-21/h2-12,17,22H,13-16,18-19H2,1H3,(H,30,34). The van der Waals surface area contributed by atoms with Gasteiger partial charge in [-0.2, -0.15) is 0 Å². The maximum Gasteiger partial charge on any atom is 0.223 e. The molecular weight excluding hydrogens is 443 g/mol. The fraction of sp³-hybridized carbons (Fsp3) is 0.286. The second-order valence-corrected chi connectivity index (χ2v) is 8.94. The number of benzene rings is 3. The Labute approximate surface area is 204 Å². The van der Waals surface area contributed by atoms with E-state index in [1.807, 2.05) is 54.6 Å². The minimum absolute atomic E-state index is 0.0226. The Kier molecular flexibility index (Phi) is 6.66. The van der Waals surface area contributed by atoms with Crippen LogP contribution in [0, 0.1) is 11.7 Å². The van der Waals surface area contributed by atoms with Crippen LogP contribution in [-0.4, -0.2) is 35.7 Å². The molecule has 1 aromatic heterocycles. The number of piperidine rings is 1. The highest BCUT2D eigenvalue weighted by molar-refractivity contribution is 5.80. The second kappa shape index (κ2) is 10.2. The Bertz CT molecular complexity index is 1310. The molecule has 0 bridgehead atoms. The Balaban J connectivity index is 1.26. The van der Waals surface area contributed by atoms with E-state index in [9.17, 15) is 9.18 Å². The van der Waals surface area contributed by atoms with E-state index >= 15 is 0 Å². The molecule has 1 aliphatic rings. The molecule has 1 saturated heterocycles. The number of ether oxygens (including phenoxy) is 1. The van der Waals surface area contributed by atoms with Gasteiger partial charge in [-0.3, -0.25) is 4.79 Å². The van der Waals surface area contributed by atoms with Crippen LogP contribution in [0.25, 0.3) is 11.0 Å². The van der Waals surface area contributed by atoms with E-state index in [1.54, 1.807) is 19.2 Å². The molecule has 6 nitrogen and oxygen atoms in total. The molecule has 0 spiro atoms. The Morgan fingerprint density at radius 2 is 1.80 bits per heavy atom. The van der Waals surface area contributed by atoms with Crippen LogP contribution < -0.4 is 15.0 Å². The monoisotopic (exact) mass is 472 g/mol. The third-order valence-electron chi connectivity index (χ3n) is 6.64. The number of carbonyl (C=O) groups excluding carboxylic acids is 1. The molecule has 1 aliphatic heterocycles. The smallest absolute Gasteiger partial charge is 0.223 e. The molecule has 180 valence electrons. The first kappa shape index (κ1) is 22.9. The summed E-state index contributed by atoms with van der Waals surface area (Å²) in [6.07, 6.45) is 1.52. The van der Waals surface area contributed by atoms with Crippen LogP contribution in [0.5, 0.6) is 5.75 Å². The molecule has 2 heterocycles. The van der Waals surface area contributed by atoms with Crippen molar-refractivity contribution in [2.75, 3.05) is 25.1 Å². The summed E-state index contributed by atoms with van der Waals surface area (Å²) in [6, 6.07) is 22.4. The lowest BCUT2D eigenvalue weighted by molar-refractivity contribution is -0.125. The molecule has 0 aliphatic carbocycles. The zero-order valence-electron chi connectivity index (χ0n) is 19.8. The number of amides is 1. The molecular formula is C28H29FN4O2. The summed E-state index contributed by atoms with van der Waals surface area (Å²) in [5.41, 5.74) is 3.87. The molecule has 0 saturated carbocycles. The Hall–Kier alpha value is -3.87. The summed E-state index contributed by atoms with van der Waals surface area (Å²) in [5.74, 6) is 1.50. The number of rotatable bonds is 7. The summed E-state index contributed by atoms with van der Waals surface area (Å²) in [5, 5.41) is 3.08. The first-order valence-corrected chi connectivity index (χ1v) is 12.0. The molecule has 1 fully saturated rings. The molecule has 0 radical (unpaired) electrons. The normalized spacial score (nSPS) is 14.3. The van der Waals surface area contributed by atoms with Crippen LogP contribution in [0.1, 0.15) is 24.0 Å². The van der Waals surface area contributed by atoms with Gasteiger partial charge in [0.15, 0.2) is 0 Å². The molecule has 5 rings (SSSR count). The number of carbonyl (C=O) groups is 1. The number of fused-ring (bicyclic) bond motifs is 1. The van der Waals surface area contributed by atoms with Gasteiger partial charge < -0.3 is 19.5 Å². The lowest BCUT2D eigenvalue weighted by Crippen LogP contribution is -2.41. The summed E-state index contributed by atoms with van der Waals surface area (Å²) >= 11 is 0. The number of imidazole rings is 1. The van der Waals surface area contributed by atoms with Gasteiger partial charge in [0.1, 0.15) is 11.6 Å². The highest BCUT2D eigenvalue weighted by Gasteiger charge is 2.27. The average molecular weight is 473 g/mol. The number of para-hydroxylation sites is 2. The first-order valence-electron chi connectivity index (χ1n) is 12.0. The quantitative estimate of drug-likeness (QED) is 0.421. The predicted molar refractivity (Wildman–Crippen MR) is 135 cm³/mol. The maximum absolute atomic E-state index is 13.8. The van der Waals surface area contributed by atoms with Crippen LogP contribution in [0.4, 0.5) is 10.3 Å². The molecule has 0 atom stereocenters. The van der Waals surface area contributed by atoms with Crippen molar-refractivity contribution in [3.63, 3.8) is 0 Å². The first-order chi connectivity index (χ1) is 17.1. The highest BCUT2D eigenvalue weighted by atomic mass is 19.1. The number of methoxy groups -OCH3 is 1. The number of anilines is 1. The van der Waals surface area contributed by atoms with Crippen LogP contribution in [0.15, 0.2) is 72.8 Å². The SMILES string of the molecule is COc1ccc(CNC(=O)C2CCN(c3nc4ccccc4n3Cc3cccc(F)c3)CC2)cc1. The zero-order valence-corrected chi connectivity index (χ0v) is 19.8. The third kappa shape index (κ3) is 5.14.